The Morgan fingerprint density at radius 2 is 1.61 bits per heavy atom. The van der Waals surface area contributed by atoms with E-state index in [9.17, 15) is 4.79 Å². The number of ether oxygens (including phenoxy) is 1. The van der Waals surface area contributed by atoms with Crippen molar-refractivity contribution in [2.45, 2.75) is 79.5 Å². The Balaban J connectivity index is 2.15. The molecule has 1 heterocycles. The fourth-order valence-electron chi connectivity index (χ4n) is 4.41. The van der Waals surface area contributed by atoms with Gasteiger partial charge in [0.05, 0.1) is 0 Å². The molecule has 3 nitrogen and oxygen atoms in total. The van der Waals surface area contributed by atoms with E-state index in [4.69, 9.17) is 4.74 Å². The molecule has 1 aliphatic rings. The number of benzene rings is 1. The molecule has 1 atom stereocenters. The van der Waals surface area contributed by atoms with E-state index in [2.05, 4.69) is 37.9 Å². The van der Waals surface area contributed by atoms with Crippen LogP contribution in [0.3, 0.4) is 0 Å². The van der Waals surface area contributed by atoms with Crippen LogP contribution >= 0.6 is 0 Å². The molecule has 31 heavy (non-hydrogen) atoms. The maximum absolute atomic E-state index is 12.8. The third-order valence-corrected chi connectivity index (χ3v) is 20.9. The molecule has 0 saturated heterocycles. The Morgan fingerprint density at radius 1 is 1.03 bits per heavy atom. The van der Waals surface area contributed by atoms with Gasteiger partial charge in [-0.25, -0.2) is 0 Å². The standard InChI is InChI=1S/C15H16NO2.3C4H9.Sn/c1-12-8-9-16(10-13(12)2)15(17)11-18-14-6-4-3-5-7-14;3*1-3-4-2;/h2-9,12H,10-11H2,1H3;3*1,3-4H2,2H3;. The third-order valence-electron chi connectivity index (χ3n) is 6.49. The van der Waals surface area contributed by atoms with Gasteiger partial charge in [-0.3, -0.25) is 0 Å². The summed E-state index contributed by atoms with van der Waals surface area (Å²) in [5.41, 5.74) is 1.48. The zero-order valence-electron chi connectivity index (χ0n) is 20.2. The zero-order valence-corrected chi connectivity index (χ0v) is 23.1. The summed E-state index contributed by atoms with van der Waals surface area (Å²) in [6.45, 7) is 10.1. The molecule has 2 rings (SSSR count). The van der Waals surface area contributed by atoms with Gasteiger partial charge in [-0.2, -0.15) is 0 Å². The minimum absolute atomic E-state index is 0.0365. The van der Waals surface area contributed by atoms with Gasteiger partial charge in [0.25, 0.3) is 0 Å². The van der Waals surface area contributed by atoms with Crippen molar-refractivity contribution in [2.24, 2.45) is 5.92 Å². The average Bonchev–Trinajstić information content (AvgIpc) is 2.80. The van der Waals surface area contributed by atoms with Crippen molar-refractivity contribution in [2.75, 3.05) is 13.2 Å². The topological polar surface area (TPSA) is 29.5 Å². The van der Waals surface area contributed by atoms with Crippen molar-refractivity contribution >= 4 is 24.3 Å². The van der Waals surface area contributed by atoms with Gasteiger partial charge in [-0.1, -0.05) is 0 Å². The van der Waals surface area contributed by atoms with Gasteiger partial charge in [-0.05, 0) is 0 Å². The number of carbonyl (C=O) groups is 1. The number of para-hydroxylation sites is 1. The Labute approximate surface area is 194 Å². The molecule has 1 amide bonds. The quantitative estimate of drug-likeness (QED) is 0.248. The summed E-state index contributed by atoms with van der Waals surface area (Å²) in [4.78, 5) is 14.7. The molecular formula is C27H43NO2Sn. The van der Waals surface area contributed by atoms with Crippen molar-refractivity contribution in [3.05, 3.63) is 52.3 Å². The van der Waals surface area contributed by atoms with Crippen LogP contribution in [0, 0.1) is 5.92 Å². The molecule has 0 N–H and O–H groups in total. The van der Waals surface area contributed by atoms with Gasteiger partial charge in [0.1, 0.15) is 0 Å². The minimum atomic E-state index is -2.39. The molecule has 1 aliphatic heterocycles. The number of allylic oxidation sites excluding steroid dienone is 1. The van der Waals surface area contributed by atoms with Crippen LogP contribution in [-0.4, -0.2) is 42.3 Å². The number of carbonyl (C=O) groups excluding carboxylic acids is 1. The fourth-order valence-corrected chi connectivity index (χ4v) is 20.1. The number of amides is 1. The summed E-state index contributed by atoms with van der Waals surface area (Å²) >= 11 is -2.39. The summed E-state index contributed by atoms with van der Waals surface area (Å²) in [6.07, 6.45) is 12.1. The summed E-state index contributed by atoms with van der Waals surface area (Å²) in [5, 5.41) is 0. The molecule has 1 aromatic rings. The molecule has 0 bridgehead atoms. The first-order chi connectivity index (χ1) is 15.0. The van der Waals surface area contributed by atoms with Crippen LogP contribution < -0.4 is 4.74 Å². The normalized spacial score (nSPS) is 17.9. The summed E-state index contributed by atoms with van der Waals surface area (Å²) in [6, 6.07) is 9.60. The zero-order chi connectivity index (χ0) is 22.5. The molecule has 0 saturated carbocycles. The molecule has 0 aromatic heterocycles. The third kappa shape index (κ3) is 8.67. The van der Waals surface area contributed by atoms with E-state index in [1.807, 2.05) is 41.4 Å². The van der Waals surface area contributed by atoms with Gasteiger partial charge in [0.2, 0.25) is 0 Å². The van der Waals surface area contributed by atoms with Gasteiger partial charge >= 0.3 is 195 Å². The van der Waals surface area contributed by atoms with Gasteiger partial charge < -0.3 is 0 Å². The van der Waals surface area contributed by atoms with E-state index in [1.165, 1.54) is 57.4 Å². The van der Waals surface area contributed by atoms with E-state index in [1.54, 1.807) is 0 Å². The molecule has 0 fully saturated rings. The number of nitrogens with zero attached hydrogens (tertiary/aromatic N) is 1. The van der Waals surface area contributed by atoms with Crippen molar-refractivity contribution in [3.63, 3.8) is 0 Å². The molecule has 1 aromatic carbocycles. The van der Waals surface area contributed by atoms with Crippen LogP contribution in [0.2, 0.25) is 13.3 Å². The monoisotopic (exact) mass is 533 g/mol. The Morgan fingerprint density at radius 3 is 2.16 bits per heavy atom. The SMILES string of the molecule is CCC[CH2][Sn](/[CH]=C1/CN(C(=O)COc2ccccc2)C=CC1C)([CH2]CCC)[CH2]CCC. The van der Waals surface area contributed by atoms with Crippen LogP contribution in [0.25, 0.3) is 0 Å². The van der Waals surface area contributed by atoms with E-state index >= 15 is 0 Å². The van der Waals surface area contributed by atoms with Gasteiger partial charge in [0.15, 0.2) is 0 Å². The second-order valence-electron chi connectivity index (χ2n) is 9.15. The molecule has 172 valence electrons. The molecule has 0 radical (unpaired) electrons. The van der Waals surface area contributed by atoms with Gasteiger partial charge in [-0.15, -0.1) is 0 Å². The first kappa shape index (κ1) is 26.0. The second kappa shape index (κ2) is 14.0. The van der Waals surface area contributed by atoms with Crippen LogP contribution in [0.15, 0.2) is 52.3 Å². The van der Waals surface area contributed by atoms with Crippen molar-refractivity contribution < 1.29 is 9.53 Å². The summed E-state index contributed by atoms with van der Waals surface area (Å²) in [7, 11) is 0. The first-order valence-corrected chi connectivity index (χ1v) is 20.1. The second-order valence-corrected chi connectivity index (χ2v) is 22.0. The van der Waals surface area contributed by atoms with E-state index in [0.29, 0.717) is 5.92 Å². The Hall–Kier alpha value is -1.23. The van der Waals surface area contributed by atoms with Crippen LogP contribution in [0.5, 0.6) is 5.75 Å². The number of rotatable bonds is 13. The summed E-state index contributed by atoms with van der Waals surface area (Å²) < 4.78 is 12.9. The van der Waals surface area contributed by atoms with Crippen molar-refractivity contribution in [1.29, 1.82) is 0 Å². The first-order valence-electron chi connectivity index (χ1n) is 12.4. The van der Waals surface area contributed by atoms with Crippen LogP contribution in [0.4, 0.5) is 0 Å². The van der Waals surface area contributed by atoms with Crippen molar-refractivity contribution in [1.82, 2.24) is 4.90 Å². The van der Waals surface area contributed by atoms with E-state index < -0.39 is 18.4 Å². The van der Waals surface area contributed by atoms with Crippen molar-refractivity contribution in [3.8, 4) is 5.75 Å². The maximum atomic E-state index is 12.8. The Kier molecular flexibility index (Phi) is 11.8. The molecule has 0 spiro atoms. The number of unbranched alkanes of at least 4 members (excludes halogenated alkanes) is 3. The molecular weight excluding hydrogens is 489 g/mol. The van der Waals surface area contributed by atoms with Crippen LogP contribution in [0.1, 0.15) is 66.2 Å². The van der Waals surface area contributed by atoms with E-state index in [-0.39, 0.29) is 12.5 Å². The number of hydrogen-bond donors (Lipinski definition) is 0. The molecule has 0 aliphatic carbocycles. The average molecular weight is 532 g/mol. The van der Waals surface area contributed by atoms with Crippen LogP contribution in [-0.2, 0) is 4.79 Å². The molecule has 4 heteroatoms. The number of hydrogen-bond acceptors (Lipinski definition) is 2. The van der Waals surface area contributed by atoms with E-state index in [0.717, 1.165) is 12.3 Å². The molecule has 1 unspecified atom stereocenters. The Bertz CT molecular complexity index is 691. The van der Waals surface area contributed by atoms with Gasteiger partial charge in [0, 0.05) is 0 Å². The predicted molar refractivity (Wildman–Crippen MR) is 135 cm³/mol. The predicted octanol–water partition coefficient (Wildman–Crippen LogP) is 7.37. The summed E-state index contributed by atoms with van der Waals surface area (Å²) in [5.74, 6) is 1.21. The fraction of sp³-hybridized carbons (Fsp3) is 0.593.